The molecule has 0 heterocycles. The summed E-state index contributed by atoms with van der Waals surface area (Å²) in [5, 5.41) is 0. The average Bonchev–Trinajstić information content (AvgIpc) is 3.33. The van der Waals surface area contributed by atoms with Crippen molar-refractivity contribution in [3.8, 4) is 0 Å². The van der Waals surface area contributed by atoms with Crippen LogP contribution in [0.25, 0.3) is 0 Å². The second-order valence-electron chi connectivity index (χ2n) is 17.8. The van der Waals surface area contributed by atoms with E-state index in [0.29, 0.717) is 19.3 Å². The maximum Gasteiger partial charge on any atom is 0.306 e. The van der Waals surface area contributed by atoms with Crippen molar-refractivity contribution in [2.75, 3.05) is 13.2 Å². The summed E-state index contributed by atoms with van der Waals surface area (Å²) < 4.78 is 16.8. The Hall–Kier alpha value is -3.93. The second-order valence-corrected chi connectivity index (χ2v) is 17.8. The SMILES string of the molecule is CC/C=C\C/C=C\C/C=C\C/C=C\CCCCCCCCC(=O)OCC(COC(=O)CCCCC/C=C\C=C/CCCC)OC(=O)CCCCCCCCCCC/C=C\C/C=C\C/C=C\CC. The summed E-state index contributed by atoms with van der Waals surface area (Å²) in [5.41, 5.74) is 0. The summed E-state index contributed by atoms with van der Waals surface area (Å²) in [7, 11) is 0. The third kappa shape index (κ3) is 52.9. The smallest absolute Gasteiger partial charge is 0.306 e. The Morgan fingerprint density at radius 1 is 0.328 bits per heavy atom. The zero-order valence-electron chi connectivity index (χ0n) is 43.4. The quantitative estimate of drug-likeness (QED) is 0.0199. The first-order valence-corrected chi connectivity index (χ1v) is 27.4. The van der Waals surface area contributed by atoms with E-state index >= 15 is 0 Å². The van der Waals surface area contributed by atoms with E-state index in [2.05, 4.69) is 130 Å². The molecular weight excluding hydrogens is 829 g/mol. The molecule has 0 N–H and O–H groups in total. The van der Waals surface area contributed by atoms with Gasteiger partial charge in [-0.05, 0) is 109 Å². The fraction of sp³-hybridized carbons (Fsp3) is 0.656. The molecule has 0 aliphatic heterocycles. The molecule has 0 rings (SSSR count). The number of esters is 3. The highest BCUT2D eigenvalue weighted by molar-refractivity contribution is 5.71. The number of rotatable bonds is 48. The minimum atomic E-state index is -0.800. The van der Waals surface area contributed by atoms with E-state index in [0.717, 1.165) is 135 Å². The molecule has 380 valence electrons. The zero-order valence-corrected chi connectivity index (χ0v) is 43.4. The molecule has 1 atom stereocenters. The third-order valence-electron chi connectivity index (χ3n) is 11.3. The van der Waals surface area contributed by atoms with Gasteiger partial charge in [-0.1, -0.05) is 220 Å². The number of unbranched alkanes of at least 4 members (excludes halogenated alkanes) is 20. The molecule has 67 heavy (non-hydrogen) atoms. The molecule has 6 nitrogen and oxygen atoms in total. The topological polar surface area (TPSA) is 78.9 Å². The minimum absolute atomic E-state index is 0.0980. The van der Waals surface area contributed by atoms with Gasteiger partial charge in [0.25, 0.3) is 0 Å². The number of carbonyl (C=O) groups is 3. The van der Waals surface area contributed by atoms with Gasteiger partial charge in [0.2, 0.25) is 0 Å². The first kappa shape index (κ1) is 63.1. The van der Waals surface area contributed by atoms with Crippen LogP contribution in [-0.4, -0.2) is 37.2 Å². The first-order valence-electron chi connectivity index (χ1n) is 27.4. The molecule has 0 aromatic rings. The third-order valence-corrected chi connectivity index (χ3v) is 11.3. The van der Waals surface area contributed by atoms with Crippen LogP contribution in [0.5, 0.6) is 0 Å². The number of ether oxygens (including phenoxy) is 3. The Morgan fingerprint density at radius 3 is 1.01 bits per heavy atom. The lowest BCUT2D eigenvalue weighted by Gasteiger charge is -2.18. The molecule has 1 unspecified atom stereocenters. The molecule has 0 aromatic carbocycles. The lowest BCUT2D eigenvalue weighted by Crippen LogP contribution is -2.30. The van der Waals surface area contributed by atoms with Crippen molar-refractivity contribution in [2.24, 2.45) is 0 Å². The molecule has 0 spiro atoms. The molecule has 0 radical (unpaired) electrons. The lowest BCUT2D eigenvalue weighted by molar-refractivity contribution is -0.167. The normalized spacial score (nSPS) is 12.9. The molecule has 0 aliphatic rings. The van der Waals surface area contributed by atoms with Gasteiger partial charge in [-0.25, -0.2) is 0 Å². The number of carbonyl (C=O) groups excluding carboxylic acids is 3. The summed E-state index contributed by atoms with van der Waals surface area (Å²) in [6.45, 7) is 6.32. The molecule has 0 aromatic heterocycles. The molecule has 0 fully saturated rings. The van der Waals surface area contributed by atoms with Crippen LogP contribution in [0.15, 0.2) is 109 Å². The largest absolute Gasteiger partial charge is 0.462 e. The summed E-state index contributed by atoms with van der Waals surface area (Å²) in [4.78, 5) is 38.1. The van der Waals surface area contributed by atoms with Gasteiger partial charge in [0.05, 0.1) is 0 Å². The van der Waals surface area contributed by atoms with Crippen molar-refractivity contribution in [3.05, 3.63) is 109 Å². The van der Waals surface area contributed by atoms with E-state index in [-0.39, 0.29) is 31.1 Å². The van der Waals surface area contributed by atoms with Gasteiger partial charge in [-0.15, -0.1) is 0 Å². The highest BCUT2D eigenvalue weighted by Crippen LogP contribution is 2.14. The van der Waals surface area contributed by atoms with Crippen LogP contribution in [-0.2, 0) is 28.6 Å². The Balaban J connectivity index is 4.41. The van der Waals surface area contributed by atoms with Crippen LogP contribution in [0.2, 0.25) is 0 Å². The molecule has 0 aliphatic carbocycles. The molecule has 0 amide bonds. The summed E-state index contributed by atoms with van der Waals surface area (Å²) in [6, 6.07) is 0. The highest BCUT2D eigenvalue weighted by atomic mass is 16.6. The summed E-state index contributed by atoms with van der Waals surface area (Å²) in [6.07, 6.45) is 73.6. The number of allylic oxidation sites excluding steroid dienone is 18. The minimum Gasteiger partial charge on any atom is -0.462 e. The maximum atomic E-state index is 12.8. The van der Waals surface area contributed by atoms with Gasteiger partial charge < -0.3 is 14.2 Å². The molecule has 0 saturated heterocycles. The van der Waals surface area contributed by atoms with Gasteiger partial charge in [-0.2, -0.15) is 0 Å². The van der Waals surface area contributed by atoms with Crippen LogP contribution in [0.1, 0.15) is 239 Å². The van der Waals surface area contributed by atoms with Crippen LogP contribution < -0.4 is 0 Å². The van der Waals surface area contributed by atoms with Gasteiger partial charge >= 0.3 is 17.9 Å². The fourth-order valence-corrected chi connectivity index (χ4v) is 7.19. The standard InChI is InChI=1S/C61H100O6/c1-4-7-10-13-16-19-22-24-26-28-30-32-34-36-39-42-45-48-51-54-60(63)66-57-58(56-65-59(62)53-50-47-44-41-38-21-18-15-12-9-6-3)67-61(64)55-52-49-46-43-40-37-35-33-31-29-27-25-23-20-17-14-11-8-5-2/h7-8,10-11,15-21,24-27,30,32,38,58H,4-6,9,12-14,22-23,28-29,31,33-37,39-57H2,1-3H3/b10-7-,11-8-,18-15-,19-16-,20-17-,26-24-,27-25-,32-30-,38-21-. The first-order chi connectivity index (χ1) is 33.0. The monoisotopic (exact) mass is 929 g/mol. The van der Waals surface area contributed by atoms with E-state index in [1.54, 1.807) is 0 Å². The highest BCUT2D eigenvalue weighted by Gasteiger charge is 2.19. The Morgan fingerprint density at radius 2 is 0.627 bits per heavy atom. The van der Waals surface area contributed by atoms with Crippen LogP contribution >= 0.6 is 0 Å². The van der Waals surface area contributed by atoms with Crippen molar-refractivity contribution < 1.29 is 28.6 Å². The van der Waals surface area contributed by atoms with E-state index in [4.69, 9.17) is 14.2 Å². The predicted octanol–water partition coefficient (Wildman–Crippen LogP) is 18.3. The molecular formula is C61H100O6. The molecule has 0 saturated carbocycles. The van der Waals surface area contributed by atoms with Crippen LogP contribution in [0, 0.1) is 0 Å². The van der Waals surface area contributed by atoms with Gasteiger partial charge in [0.15, 0.2) is 6.10 Å². The van der Waals surface area contributed by atoms with E-state index in [9.17, 15) is 14.4 Å². The van der Waals surface area contributed by atoms with Crippen molar-refractivity contribution in [1.82, 2.24) is 0 Å². The van der Waals surface area contributed by atoms with Gasteiger partial charge in [0.1, 0.15) is 13.2 Å². The zero-order chi connectivity index (χ0) is 48.6. The fourth-order valence-electron chi connectivity index (χ4n) is 7.19. The van der Waals surface area contributed by atoms with Crippen molar-refractivity contribution in [1.29, 1.82) is 0 Å². The molecule has 0 bridgehead atoms. The van der Waals surface area contributed by atoms with Crippen LogP contribution in [0.4, 0.5) is 0 Å². The van der Waals surface area contributed by atoms with Gasteiger partial charge in [-0.3, -0.25) is 14.4 Å². The van der Waals surface area contributed by atoms with Crippen molar-refractivity contribution in [2.45, 2.75) is 245 Å². The van der Waals surface area contributed by atoms with Crippen LogP contribution in [0.3, 0.4) is 0 Å². The number of hydrogen-bond acceptors (Lipinski definition) is 6. The summed E-state index contributed by atoms with van der Waals surface area (Å²) in [5.74, 6) is -0.947. The van der Waals surface area contributed by atoms with Crippen molar-refractivity contribution in [3.63, 3.8) is 0 Å². The Labute approximate surface area is 412 Å². The van der Waals surface area contributed by atoms with E-state index in [1.807, 2.05) is 0 Å². The second kappa shape index (κ2) is 54.7. The van der Waals surface area contributed by atoms with E-state index in [1.165, 1.54) is 64.2 Å². The van der Waals surface area contributed by atoms with E-state index < -0.39 is 6.10 Å². The summed E-state index contributed by atoms with van der Waals surface area (Å²) >= 11 is 0. The maximum absolute atomic E-state index is 12.8. The average molecular weight is 929 g/mol. The Kier molecular flexibility index (Phi) is 51.5. The Bertz CT molecular complexity index is 1390. The predicted molar refractivity (Wildman–Crippen MR) is 288 cm³/mol. The number of hydrogen-bond donors (Lipinski definition) is 0. The lowest BCUT2D eigenvalue weighted by atomic mass is 10.1. The van der Waals surface area contributed by atoms with Gasteiger partial charge in [0, 0.05) is 19.3 Å². The molecule has 6 heteroatoms. The van der Waals surface area contributed by atoms with Crippen molar-refractivity contribution >= 4 is 17.9 Å².